The van der Waals surface area contributed by atoms with Crippen LogP contribution in [-0.2, 0) is 11.4 Å². The summed E-state index contributed by atoms with van der Waals surface area (Å²) in [5.41, 5.74) is 4.27. The van der Waals surface area contributed by atoms with Gasteiger partial charge in [-0.1, -0.05) is 30.3 Å². The van der Waals surface area contributed by atoms with Gasteiger partial charge in [-0.15, -0.1) is 0 Å². The number of nitrogens with zero attached hydrogens (tertiary/aromatic N) is 1. The number of carbonyl (C=O) groups is 1. The number of ether oxygens (including phenoxy) is 2. The Morgan fingerprint density at radius 1 is 1.13 bits per heavy atom. The minimum Gasteiger partial charge on any atom is -0.490 e. The molecule has 2 aromatic rings. The van der Waals surface area contributed by atoms with Crippen molar-refractivity contribution in [2.24, 2.45) is 5.10 Å². The molecular weight excluding hydrogens is 292 g/mol. The molecular formula is C18H20N2O3. The SMILES string of the molecule is CCOc1cc(/C=N\NC(C)=O)ccc1OCc1ccccc1. The first-order valence-corrected chi connectivity index (χ1v) is 7.42. The van der Waals surface area contributed by atoms with Crippen LogP contribution in [0, 0.1) is 0 Å². The number of hydrogen-bond acceptors (Lipinski definition) is 4. The van der Waals surface area contributed by atoms with Crippen LogP contribution in [0.2, 0.25) is 0 Å². The van der Waals surface area contributed by atoms with Crippen LogP contribution in [-0.4, -0.2) is 18.7 Å². The number of carbonyl (C=O) groups excluding carboxylic acids is 1. The Morgan fingerprint density at radius 2 is 1.91 bits per heavy atom. The first-order valence-electron chi connectivity index (χ1n) is 7.42. The molecule has 5 heteroatoms. The Bertz CT molecular complexity index is 669. The zero-order chi connectivity index (χ0) is 16.5. The zero-order valence-corrected chi connectivity index (χ0v) is 13.3. The highest BCUT2D eigenvalue weighted by Gasteiger charge is 2.06. The lowest BCUT2D eigenvalue weighted by atomic mass is 10.2. The van der Waals surface area contributed by atoms with Gasteiger partial charge in [0.2, 0.25) is 5.91 Å². The van der Waals surface area contributed by atoms with Gasteiger partial charge in [-0.3, -0.25) is 4.79 Å². The topological polar surface area (TPSA) is 59.9 Å². The van der Waals surface area contributed by atoms with Crippen LogP contribution in [0.5, 0.6) is 11.5 Å². The summed E-state index contributed by atoms with van der Waals surface area (Å²) in [6, 6.07) is 15.5. The minimum atomic E-state index is -0.214. The van der Waals surface area contributed by atoms with Gasteiger partial charge in [0.05, 0.1) is 12.8 Å². The molecule has 0 aliphatic carbocycles. The Labute approximate surface area is 135 Å². The molecule has 0 aromatic heterocycles. The average Bonchev–Trinajstić information content (AvgIpc) is 2.55. The van der Waals surface area contributed by atoms with E-state index >= 15 is 0 Å². The van der Waals surface area contributed by atoms with Gasteiger partial charge in [-0.05, 0) is 36.2 Å². The second-order valence-electron chi connectivity index (χ2n) is 4.84. The molecule has 0 bridgehead atoms. The number of hydrogen-bond donors (Lipinski definition) is 1. The maximum atomic E-state index is 10.8. The molecule has 2 rings (SSSR count). The van der Waals surface area contributed by atoms with Crippen molar-refractivity contribution in [2.75, 3.05) is 6.61 Å². The van der Waals surface area contributed by atoms with Crippen molar-refractivity contribution < 1.29 is 14.3 Å². The molecule has 0 fully saturated rings. The van der Waals surface area contributed by atoms with Crippen LogP contribution < -0.4 is 14.9 Å². The van der Waals surface area contributed by atoms with Crippen LogP contribution in [0.3, 0.4) is 0 Å². The summed E-state index contributed by atoms with van der Waals surface area (Å²) in [5, 5.41) is 3.84. The summed E-state index contributed by atoms with van der Waals surface area (Å²) in [5.74, 6) is 1.11. The predicted octanol–water partition coefficient (Wildman–Crippen LogP) is 3.13. The number of hydrazone groups is 1. The van der Waals surface area contributed by atoms with Crippen molar-refractivity contribution in [3.8, 4) is 11.5 Å². The third-order valence-electron chi connectivity index (χ3n) is 2.94. The predicted molar refractivity (Wildman–Crippen MR) is 89.8 cm³/mol. The molecule has 2 aromatic carbocycles. The van der Waals surface area contributed by atoms with Crippen LogP contribution in [0.15, 0.2) is 53.6 Å². The molecule has 0 spiro atoms. The number of amides is 1. The lowest BCUT2D eigenvalue weighted by Gasteiger charge is -2.12. The van der Waals surface area contributed by atoms with E-state index in [1.165, 1.54) is 6.92 Å². The Morgan fingerprint density at radius 3 is 2.61 bits per heavy atom. The van der Waals surface area contributed by atoms with Crippen LogP contribution in [0.4, 0.5) is 0 Å². The van der Waals surface area contributed by atoms with Crippen molar-refractivity contribution in [1.82, 2.24) is 5.43 Å². The van der Waals surface area contributed by atoms with Crippen molar-refractivity contribution >= 4 is 12.1 Å². The molecule has 0 saturated heterocycles. The summed E-state index contributed by atoms with van der Waals surface area (Å²) < 4.78 is 11.5. The highest BCUT2D eigenvalue weighted by molar-refractivity contribution is 5.82. The molecule has 5 nitrogen and oxygen atoms in total. The molecule has 0 heterocycles. The molecule has 0 aliphatic rings. The van der Waals surface area contributed by atoms with Crippen molar-refractivity contribution in [3.63, 3.8) is 0 Å². The molecule has 120 valence electrons. The lowest BCUT2D eigenvalue weighted by Crippen LogP contribution is -2.12. The van der Waals surface area contributed by atoms with Crippen molar-refractivity contribution in [3.05, 3.63) is 59.7 Å². The summed E-state index contributed by atoms with van der Waals surface area (Å²) in [4.78, 5) is 10.8. The molecule has 23 heavy (non-hydrogen) atoms. The third kappa shape index (κ3) is 5.47. The van der Waals surface area contributed by atoms with E-state index in [0.29, 0.717) is 24.7 Å². The van der Waals surface area contributed by atoms with Gasteiger partial charge < -0.3 is 9.47 Å². The molecule has 0 radical (unpaired) electrons. The van der Waals surface area contributed by atoms with E-state index in [-0.39, 0.29) is 5.91 Å². The summed E-state index contributed by atoms with van der Waals surface area (Å²) in [7, 11) is 0. The Hall–Kier alpha value is -2.82. The molecule has 1 amide bonds. The van der Waals surface area contributed by atoms with Crippen LogP contribution in [0.1, 0.15) is 25.0 Å². The molecule has 0 atom stereocenters. The van der Waals surface area contributed by atoms with Gasteiger partial charge in [-0.2, -0.15) is 5.10 Å². The standard InChI is InChI=1S/C18H20N2O3/c1-3-22-18-11-16(12-19-20-14(2)21)9-10-17(18)23-13-15-7-5-4-6-8-15/h4-12H,3,13H2,1-2H3,(H,20,21)/b19-12-. The minimum absolute atomic E-state index is 0.214. The van der Waals surface area contributed by atoms with Crippen molar-refractivity contribution in [1.29, 1.82) is 0 Å². The second-order valence-corrected chi connectivity index (χ2v) is 4.84. The van der Waals surface area contributed by atoms with Gasteiger partial charge in [0.25, 0.3) is 0 Å². The van der Waals surface area contributed by atoms with Gasteiger partial charge in [0.15, 0.2) is 11.5 Å². The molecule has 0 saturated carbocycles. The van der Waals surface area contributed by atoms with E-state index in [1.54, 1.807) is 6.21 Å². The second kappa shape index (κ2) is 8.58. The fourth-order valence-corrected chi connectivity index (χ4v) is 1.93. The smallest absolute Gasteiger partial charge is 0.236 e. The quantitative estimate of drug-likeness (QED) is 0.631. The van der Waals surface area contributed by atoms with Gasteiger partial charge in [0, 0.05) is 6.92 Å². The van der Waals surface area contributed by atoms with E-state index in [0.717, 1.165) is 11.1 Å². The van der Waals surface area contributed by atoms with E-state index in [4.69, 9.17) is 9.47 Å². The van der Waals surface area contributed by atoms with Gasteiger partial charge in [-0.25, -0.2) is 5.43 Å². The largest absolute Gasteiger partial charge is 0.490 e. The maximum Gasteiger partial charge on any atom is 0.236 e. The van der Waals surface area contributed by atoms with Gasteiger partial charge >= 0.3 is 0 Å². The first kappa shape index (κ1) is 16.5. The highest BCUT2D eigenvalue weighted by atomic mass is 16.5. The lowest BCUT2D eigenvalue weighted by molar-refractivity contribution is -0.118. The molecule has 0 aliphatic heterocycles. The van der Waals surface area contributed by atoms with Crippen LogP contribution in [0.25, 0.3) is 0 Å². The monoisotopic (exact) mass is 312 g/mol. The summed E-state index contributed by atoms with van der Waals surface area (Å²) in [6.07, 6.45) is 1.56. The fraction of sp³-hybridized carbons (Fsp3) is 0.222. The fourth-order valence-electron chi connectivity index (χ4n) is 1.93. The highest BCUT2D eigenvalue weighted by Crippen LogP contribution is 2.28. The van der Waals surface area contributed by atoms with Crippen LogP contribution >= 0.6 is 0 Å². The average molecular weight is 312 g/mol. The van der Waals surface area contributed by atoms with E-state index in [9.17, 15) is 4.79 Å². The van der Waals surface area contributed by atoms with Gasteiger partial charge in [0.1, 0.15) is 6.61 Å². The normalized spacial score (nSPS) is 10.5. The third-order valence-corrected chi connectivity index (χ3v) is 2.94. The number of nitrogens with one attached hydrogen (secondary N) is 1. The maximum absolute atomic E-state index is 10.8. The molecule has 1 N–H and O–H groups in total. The number of benzene rings is 2. The summed E-state index contributed by atoms with van der Waals surface area (Å²) in [6.45, 7) is 4.33. The van der Waals surface area contributed by atoms with E-state index in [2.05, 4.69) is 10.5 Å². The van der Waals surface area contributed by atoms with Crippen molar-refractivity contribution in [2.45, 2.75) is 20.5 Å². The van der Waals surface area contributed by atoms with E-state index in [1.807, 2.05) is 55.5 Å². The number of rotatable bonds is 7. The van der Waals surface area contributed by atoms with E-state index < -0.39 is 0 Å². The zero-order valence-electron chi connectivity index (χ0n) is 13.3. The Balaban J connectivity index is 2.09. The first-order chi connectivity index (χ1) is 11.2. The summed E-state index contributed by atoms with van der Waals surface area (Å²) >= 11 is 0. The molecule has 0 unspecified atom stereocenters. The Kier molecular flexibility index (Phi) is 6.17.